The number of hydrogen-bond acceptors (Lipinski definition) is 6. The summed E-state index contributed by atoms with van der Waals surface area (Å²) in [6.45, 7) is 7.66. The zero-order chi connectivity index (χ0) is 14.5. The highest BCUT2D eigenvalue weighted by Crippen LogP contribution is 2.30. The minimum Gasteiger partial charge on any atom is -0.381 e. The number of aromatic nitrogens is 2. The van der Waals surface area contributed by atoms with E-state index in [2.05, 4.69) is 19.8 Å². The molecular weight excluding hydrogens is 266 g/mol. The van der Waals surface area contributed by atoms with Crippen LogP contribution in [0.2, 0.25) is 0 Å². The molecule has 0 saturated carbocycles. The molecule has 0 amide bonds. The Hall–Kier alpha value is -1.24. The Bertz CT molecular complexity index is 427. The number of nitrogens with two attached hydrogens (primary N) is 1. The van der Waals surface area contributed by atoms with E-state index >= 15 is 0 Å². The van der Waals surface area contributed by atoms with Gasteiger partial charge in [0.1, 0.15) is 0 Å². The molecule has 0 aromatic carbocycles. The molecule has 0 radical (unpaired) electrons. The lowest BCUT2D eigenvalue weighted by molar-refractivity contribution is -0.000926. The topological polar surface area (TPSA) is 67.5 Å². The van der Waals surface area contributed by atoms with E-state index in [-0.39, 0.29) is 5.41 Å². The van der Waals surface area contributed by atoms with Crippen molar-refractivity contribution in [3.63, 3.8) is 0 Å². The van der Waals surface area contributed by atoms with Gasteiger partial charge in [0.25, 0.3) is 0 Å². The first-order valence-corrected chi connectivity index (χ1v) is 7.83. The average molecular weight is 291 g/mol. The smallest absolute Gasteiger partial charge is 0.225 e. The monoisotopic (exact) mass is 291 g/mol. The van der Waals surface area contributed by atoms with E-state index in [1.165, 1.54) is 0 Å². The van der Waals surface area contributed by atoms with Gasteiger partial charge in [-0.3, -0.25) is 4.90 Å². The number of rotatable bonds is 4. The quantitative estimate of drug-likeness (QED) is 0.863. The molecule has 2 aliphatic rings. The van der Waals surface area contributed by atoms with E-state index in [4.69, 9.17) is 10.5 Å². The maximum absolute atomic E-state index is 6.06. The maximum atomic E-state index is 6.06. The first-order valence-electron chi connectivity index (χ1n) is 7.83. The second-order valence-corrected chi connectivity index (χ2v) is 6.13. The standard InChI is InChI=1S/C15H25N5O/c16-12-15(2-10-21-11-3-15)13-19-6-8-20(9-7-19)14-17-4-1-5-18-14/h1,4-5H,2-3,6-13,16H2. The number of piperazine rings is 1. The lowest BCUT2D eigenvalue weighted by atomic mass is 9.79. The van der Waals surface area contributed by atoms with E-state index in [1.54, 1.807) is 12.4 Å². The highest BCUT2D eigenvalue weighted by molar-refractivity contribution is 5.29. The molecule has 6 nitrogen and oxygen atoms in total. The van der Waals surface area contributed by atoms with Gasteiger partial charge in [0, 0.05) is 58.3 Å². The number of ether oxygens (including phenoxy) is 1. The van der Waals surface area contributed by atoms with Gasteiger partial charge in [-0.25, -0.2) is 9.97 Å². The lowest BCUT2D eigenvalue weighted by Crippen LogP contribution is -2.53. The van der Waals surface area contributed by atoms with Crippen LogP contribution in [-0.4, -0.2) is 67.4 Å². The first-order chi connectivity index (χ1) is 10.3. The van der Waals surface area contributed by atoms with Crippen LogP contribution in [0.15, 0.2) is 18.5 Å². The molecule has 1 aromatic heterocycles. The largest absolute Gasteiger partial charge is 0.381 e. The Morgan fingerprint density at radius 1 is 1.10 bits per heavy atom. The summed E-state index contributed by atoms with van der Waals surface area (Å²) in [4.78, 5) is 13.5. The Morgan fingerprint density at radius 3 is 2.38 bits per heavy atom. The van der Waals surface area contributed by atoms with Crippen molar-refractivity contribution in [3.8, 4) is 0 Å². The van der Waals surface area contributed by atoms with E-state index in [9.17, 15) is 0 Å². The predicted molar refractivity (Wildman–Crippen MR) is 82.2 cm³/mol. The normalized spacial score (nSPS) is 23.2. The molecule has 2 N–H and O–H groups in total. The molecule has 3 heterocycles. The van der Waals surface area contributed by atoms with E-state index < -0.39 is 0 Å². The summed E-state index contributed by atoms with van der Waals surface area (Å²) in [5, 5.41) is 0. The molecule has 2 saturated heterocycles. The maximum Gasteiger partial charge on any atom is 0.225 e. The molecule has 0 spiro atoms. The van der Waals surface area contributed by atoms with E-state index in [0.717, 1.165) is 71.3 Å². The van der Waals surface area contributed by atoms with Crippen LogP contribution >= 0.6 is 0 Å². The second kappa shape index (κ2) is 6.68. The van der Waals surface area contributed by atoms with Crippen LogP contribution in [0.25, 0.3) is 0 Å². The fraction of sp³-hybridized carbons (Fsp3) is 0.733. The summed E-state index contributed by atoms with van der Waals surface area (Å²) in [6.07, 6.45) is 5.79. The molecular formula is C15H25N5O. The van der Waals surface area contributed by atoms with E-state index in [1.807, 2.05) is 6.07 Å². The molecule has 116 valence electrons. The Kier molecular flexibility index (Phi) is 4.67. The van der Waals surface area contributed by atoms with Crippen molar-refractivity contribution in [1.29, 1.82) is 0 Å². The number of anilines is 1. The molecule has 2 fully saturated rings. The SMILES string of the molecule is NCC1(CN2CCN(c3ncccn3)CC2)CCOCC1. The predicted octanol–water partition coefficient (Wildman–Crippen LogP) is 0.354. The Labute approximate surface area is 126 Å². The van der Waals surface area contributed by atoms with Gasteiger partial charge in [0.15, 0.2) is 0 Å². The van der Waals surface area contributed by atoms with Crippen molar-refractivity contribution >= 4 is 5.95 Å². The van der Waals surface area contributed by atoms with Crippen LogP contribution in [0.3, 0.4) is 0 Å². The third-order valence-corrected chi connectivity index (χ3v) is 4.75. The van der Waals surface area contributed by atoms with Gasteiger partial charge in [-0.1, -0.05) is 0 Å². The summed E-state index contributed by atoms with van der Waals surface area (Å²) in [5.41, 5.74) is 6.31. The zero-order valence-electron chi connectivity index (χ0n) is 12.6. The number of hydrogen-bond donors (Lipinski definition) is 1. The van der Waals surface area contributed by atoms with Crippen molar-refractivity contribution in [2.24, 2.45) is 11.1 Å². The van der Waals surface area contributed by atoms with Crippen LogP contribution in [-0.2, 0) is 4.74 Å². The van der Waals surface area contributed by atoms with Crippen LogP contribution in [0, 0.1) is 5.41 Å². The zero-order valence-corrected chi connectivity index (χ0v) is 12.6. The van der Waals surface area contributed by atoms with Gasteiger partial charge in [-0.2, -0.15) is 0 Å². The minimum atomic E-state index is 0.254. The molecule has 6 heteroatoms. The van der Waals surface area contributed by atoms with Gasteiger partial charge in [0.05, 0.1) is 0 Å². The molecule has 0 bridgehead atoms. The summed E-state index contributed by atoms with van der Waals surface area (Å²) in [7, 11) is 0. The van der Waals surface area contributed by atoms with Crippen molar-refractivity contribution in [1.82, 2.24) is 14.9 Å². The fourth-order valence-corrected chi connectivity index (χ4v) is 3.27. The minimum absolute atomic E-state index is 0.254. The van der Waals surface area contributed by atoms with Gasteiger partial charge < -0.3 is 15.4 Å². The second-order valence-electron chi connectivity index (χ2n) is 6.13. The molecule has 3 rings (SSSR count). The fourth-order valence-electron chi connectivity index (χ4n) is 3.27. The molecule has 21 heavy (non-hydrogen) atoms. The third-order valence-electron chi connectivity index (χ3n) is 4.75. The van der Waals surface area contributed by atoms with Crippen molar-refractivity contribution in [2.45, 2.75) is 12.8 Å². The summed E-state index contributed by atoms with van der Waals surface area (Å²) < 4.78 is 5.49. The van der Waals surface area contributed by atoms with Crippen LogP contribution < -0.4 is 10.6 Å². The molecule has 0 atom stereocenters. The van der Waals surface area contributed by atoms with Crippen molar-refractivity contribution in [2.75, 3.05) is 57.4 Å². The molecule has 1 aromatic rings. The molecule has 0 unspecified atom stereocenters. The summed E-state index contributed by atoms with van der Waals surface area (Å²) in [6, 6.07) is 1.86. The molecule has 0 aliphatic carbocycles. The highest BCUT2D eigenvalue weighted by Gasteiger charge is 2.34. The van der Waals surface area contributed by atoms with Crippen LogP contribution in [0.5, 0.6) is 0 Å². The third kappa shape index (κ3) is 3.51. The van der Waals surface area contributed by atoms with Crippen LogP contribution in [0.4, 0.5) is 5.95 Å². The van der Waals surface area contributed by atoms with Gasteiger partial charge in [-0.15, -0.1) is 0 Å². The molecule has 2 aliphatic heterocycles. The Morgan fingerprint density at radius 2 is 1.76 bits per heavy atom. The number of nitrogens with zero attached hydrogens (tertiary/aromatic N) is 4. The Balaban J connectivity index is 1.53. The van der Waals surface area contributed by atoms with Crippen LogP contribution in [0.1, 0.15) is 12.8 Å². The highest BCUT2D eigenvalue weighted by atomic mass is 16.5. The van der Waals surface area contributed by atoms with Gasteiger partial charge in [-0.05, 0) is 30.9 Å². The van der Waals surface area contributed by atoms with Crippen molar-refractivity contribution < 1.29 is 4.74 Å². The van der Waals surface area contributed by atoms with Gasteiger partial charge in [0.2, 0.25) is 5.95 Å². The summed E-state index contributed by atoms with van der Waals surface area (Å²) >= 11 is 0. The van der Waals surface area contributed by atoms with Crippen molar-refractivity contribution in [3.05, 3.63) is 18.5 Å². The average Bonchev–Trinajstić information content (AvgIpc) is 2.57. The van der Waals surface area contributed by atoms with E-state index in [0.29, 0.717) is 0 Å². The summed E-state index contributed by atoms with van der Waals surface area (Å²) in [5.74, 6) is 0.844. The first kappa shape index (κ1) is 14.7. The lowest BCUT2D eigenvalue weighted by Gasteiger charge is -2.43. The van der Waals surface area contributed by atoms with Gasteiger partial charge >= 0.3 is 0 Å².